The van der Waals surface area contributed by atoms with Crippen molar-refractivity contribution in [2.75, 3.05) is 10.6 Å². The third-order valence-electron chi connectivity index (χ3n) is 3.58. The fourth-order valence-corrected chi connectivity index (χ4v) is 2.25. The predicted molar refractivity (Wildman–Crippen MR) is 95.1 cm³/mol. The van der Waals surface area contributed by atoms with Gasteiger partial charge in [0.2, 0.25) is 0 Å². The molecule has 2 amide bonds. The molecule has 0 atom stereocenters. The maximum absolute atomic E-state index is 12.2. The summed E-state index contributed by atoms with van der Waals surface area (Å²) in [6, 6.07) is 16.2. The van der Waals surface area contributed by atoms with Crippen LogP contribution in [-0.2, 0) is 16.1 Å². The molecule has 0 aliphatic carbocycles. The second kappa shape index (κ2) is 7.35. The zero-order valence-corrected chi connectivity index (χ0v) is 13.4. The van der Waals surface area contributed by atoms with Crippen molar-refractivity contribution >= 4 is 23.4 Å². The van der Waals surface area contributed by atoms with Gasteiger partial charge in [-0.05, 0) is 29.8 Å². The highest BCUT2D eigenvalue weighted by molar-refractivity contribution is 6.03. The Balaban J connectivity index is 1.68. The summed E-state index contributed by atoms with van der Waals surface area (Å²) in [5.74, 6) is -0.278. The minimum absolute atomic E-state index is 0.160. The van der Waals surface area contributed by atoms with Gasteiger partial charge >= 0.3 is 6.09 Å². The molecule has 0 saturated heterocycles. The van der Waals surface area contributed by atoms with Gasteiger partial charge in [0.1, 0.15) is 6.61 Å². The van der Waals surface area contributed by atoms with Gasteiger partial charge in [-0.3, -0.25) is 14.6 Å². The van der Waals surface area contributed by atoms with E-state index in [1.54, 1.807) is 24.3 Å². The van der Waals surface area contributed by atoms with Crippen LogP contribution in [-0.4, -0.2) is 16.9 Å². The molecule has 6 nitrogen and oxygen atoms in total. The average Bonchev–Trinajstić information content (AvgIpc) is 2.83. The summed E-state index contributed by atoms with van der Waals surface area (Å²) in [7, 11) is 0. The number of rotatable bonds is 3. The Hall–Kier alpha value is -3.54. The van der Waals surface area contributed by atoms with E-state index < -0.39 is 6.09 Å². The molecule has 1 aliphatic rings. The van der Waals surface area contributed by atoms with Crippen molar-refractivity contribution < 1.29 is 14.3 Å². The topological polar surface area (TPSA) is 75.9 Å². The van der Waals surface area contributed by atoms with Crippen LogP contribution in [0.3, 0.4) is 0 Å². The van der Waals surface area contributed by atoms with Crippen LogP contribution < -0.4 is 10.6 Å². The van der Waals surface area contributed by atoms with E-state index in [-0.39, 0.29) is 12.5 Å². The first-order chi connectivity index (χ1) is 12.1. The summed E-state index contributed by atoms with van der Waals surface area (Å²) in [4.78, 5) is 27.0. The number of anilines is 2. The van der Waals surface area contributed by atoms with Gasteiger partial charge in [-0.2, -0.15) is 0 Å². The Morgan fingerprint density at radius 2 is 1.68 bits per heavy atom. The molecule has 1 aliphatic heterocycles. The van der Waals surface area contributed by atoms with Crippen molar-refractivity contribution in [3.05, 3.63) is 84.8 Å². The first-order valence-corrected chi connectivity index (χ1v) is 7.68. The Morgan fingerprint density at radius 3 is 2.40 bits per heavy atom. The summed E-state index contributed by atoms with van der Waals surface area (Å²) in [5.41, 5.74) is 7.81. The van der Waals surface area contributed by atoms with Gasteiger partial charge < -0.3 is 10.5 Å². The zero-order chi connectivity index (χ0) is 17.6. The number of ether oxygens (including phenoxy) is 1. The summed E-state index contributed by atoms with van der Waals surface area (Å²) in [5, 5.41) is 0. The molecule has 0 spiro atoms. The van der Waals surface area contributed by atoms with Gasteiger partial charge in [0.15, 0.2) is 0 Å². The summed E-state index contributed by atoms with van der Waals surface area (Å²) in [6.45, 7) is 0.160. The Morgan fingerprint density at radius 1 is 0.960 bits per heavy atom. The number of carbonyl (C=O) groups excluding carboxylic acids is 2. The molecule has 126 valence electrons. The highest BCUT2D eigenvalue weighted by atomic mass is 16.6. The molecular formula is C19H17N3O3. The predicted octanol–water partition coefficient (Wildman–Crippen LogP) is 3.24. The van der Waals surface area contributed by atoms with Crippen LogP contribution in [0, 0.1) is 0 Å². The van der Waals surface area contributed by atoms with Gasteiger partial charge in [-0.15, -0.1) is 0 Å². The average molecular weight is 335 g/mol. The Kier molecular flexibility index (Phi) is 4.80. The highest BCUT2D eigenvalue weighted by Crippen LogP contribution is 2.19. The number of nitrogen functional groups attached to an aromatic ring is 1. The van der Waals surface area contributed by atoms with Crippen LogP contribution >= 0.6 is 0 Å². The van der Waals surface area contributed by atoms with Gasteiger partial charge in [0.25, 0.3) is 5.91 Å². The second-order valence-electron chi connectivity index (χ2n) is 5.36. The minimum Gasteiger partial charge on any atom is -0.444 e. The number of benzene rings is 2. The third kappa shape index (κ3) is 4.06. The van der Waals surface area contributed by atoms with Crippen LogP contribution in [0.2, 0.25) is 0 Å². The van der Waals surface area contributed by atoms with Crippen molar-refractivity contribution in [1.82, 2.24) is 4.90 Å². The maximum Gasteiger partial charge on any atom is 0.418 e. The lowest BCUT2D eigenvalue weighted by atomic mass is 10.2. The van der Waals surface area contributed by atoms with Gasteiger partial charge in [0, 0.05) is 36.1 Å². The fraction of sp³-hybridized carbons (Fsp3) is 0.0526. The monoisotopic (exact) mass is 335 g/mol. The summed E-state index contributed by atoms with van der Waals surface area (Å²) < 4.78 is 5.25. The van der Waals surface area contributed by atoms with E-state index in [1.165, 1.54) is 34.5 Å². The van der Waals surface area contributed by atoms with Crippen LogP contribution in [0.25, 0.3) is 0 Å². The van der Waals surface area contributed by atoms with E-state index in [4.69, 9.17) is 10.5 Å². The molecule has 2 aromatic rings. The lowest BCUT2D eigenvalue weighted by molar-refractivity contribution is -0.113. The third-order valence-corrected chi connectivity index (χ3v) is 3.58. The number of hydrogen-bond acceptors (Lipinski definition) is 4. The molecule has 0 radical (unpaired) electrons. The Labute approximate surface area is 145 Å². The molecule has 0 bridgehead atoms. The van der Waals surface area contributed by atoms with Gasteiger partial charge in [-0.25, -0.2) is 4.79 Å². The number of amides is 2. The van der Waals surface area contributed by atoms with E-state index in [0.717, 1.165) is 5.56 Å². The number of nitrogens with two attached hydrogens (primary N) is 1. The van der Waals surface area contributed by atoms with E-state index in [2.05, 4.69) is 0 Å². The maximum atomic E-state index is 12.2. The molecule has 2 aromatic carbocycles. The molecule has 0 aromatic heterocycles. The van der Waals surface area contributed by atoms with Crippen LogP contribution in [0.15, 0.2) is 79.3 Å². The van der Waals surface area contributed by atoms with Crippen molar-refractivity contribution in [2.24, 2.45) is 0 Å². The SMILES string of the molecule is Nc1ccc(N2C=CN(C(=O)OCc3ccccc3)C=CC2=O)cc1. The normalized spacial score (nSPS) is 13.7. The minimum atomic E-state index is -0.566. The van der Waals surface area contributed by atoms with Crippen molar-refractivity contribution in [3.63, 3.8) is 0 Å². The molecule has 3 rings (SSSR count). The first kappa shape index (κ1) is 16.3. The molecule has 0 fully saturated rings. The van der Waals surface area contributed by atoms with Crippen LogP contribution in [0.5, 0.6) is 0 Å². The van der Waals surface area contributed by atoms with Crippen LogP contribution in [0.4, 0.5) is 16.2 Å². The molecule has 2 N–H and O–H groups in total. The highest BCUT2D eigenvalue weighted by Gasteiger charge is 2.17. The molecule has 0 saturated carbocycles. The fourth-order valence-electron chi connectivity index (χ4n) is 2.25. The standard InChI is InChI=1S/C19H17N3O3/c20-16-6-8-17(9-7-16)22-13-12-21(11-10-18(22)23)19(24)25-14-15-4-2-1-3-5-15/h1-13H,14,20H2. The first-order valence-electron chi connectivity index (χ1n) is 7.68. The van der Waals surface area contributed by atoms with Crippen molar-refractivity contribution in [1.29, 1.82) is 0 Å². The van der Waals surface area contributed by atoms with Gasteiger partial charge in [0.05, 0.1) is 0 Å². The Bertz CT molecular complexity index is 814. The quantitative estimate of drug-likeness (QED) is 0.874. The molecule has 0 unspecified atom stereocenters. The van der Waals surface area contributed by atoms with Crippen molar-refractivity contribution in [2.45, 2.75) is 6.61 Å². The number of nitrogens with zero attached hydrogens (tertiary/aromatic N) is 2. The van der Waals surface area contributed by atoms with Gasteiger partial charge in [-0.1, -0.05) is 30.3 Å². The lowest BCUT2D eigenvalue weighted by Crippen LogP contribution is -2.22. The molecule has 1 heterocycles. The largest absolute Gasteiger partial charge is 0.444 e. The molecular weight excluding hydrogens is 318 g/mol. The summed E-state index contributed by atoms with van der Waals surface area (Å²) in [6.07, 6.45) is 5.11. The second-order valence-corrected chi connectivity index (χ2v) is 5.36. The van der Waals surface area contributed by atoms with Crippen molar-refractivity contribution in [3.8, 4) is 0 Å². The van der Waals surface area contributed by atoms with E-state index >= 15 is 0 Å². The number of hydrogen-bond donors (Lipinski definition) is 1. The smallest absolute Gasteiger partial charge is 0.418 e. The molecule has 6 heteroatoms. The van der Waals surface area contributed by atoms with E-state index in [0.29, 0.717) is 11.4 Å². The van der Waals surface area contributed by atoms with E-state index in [9.17, 15) is 9.59 Å². The van der Waals surface area contributed by atoms with Crippen LogP contribution in [0.1, 0.15) is 5.56 Å². The zero-order valence-electron chi connectivity index (χ0n) is 13.4. The molecule has 25 heavy (non-hydrogen) atoms. The lowest BCUT2D eigenvalue weighted by Gasteiger charge is -2.16. The summed E-state index contributed by atoms with van der Waals surface area (Å²) >= 11 is 0. The van der Waals surface area contributed by atoms with E-state index in [1.807, 2.05) is 30.3 Å². The number of carbonyl (C=O) groups is 2.